The third-order valence-corrected chi connectivity index (χ3v) is 3.22. The minimum atomic E-state index is 0.0172. The average Bonchev–Trinajstić information content (AvgIpc) is 2.30. The Bertz CT molecular complexity index is 540. The van der Waals surface area contributed by atoms with Crippen LogP contribution in [0.15, 0.2) is 42.5 Å². The highest BCUT2D eigenvalue weighted by Crippen LogP contribution is 2.35. The molecule has 0 heterocycles. The molecule has 0 fully saturated rings. The second-order valence-corrected chi connectivity index (χ2v) is 4.04. The largest absolute Gasteiger partial charge is 0.295 e. The highest BCUT2D eigenvalue weighted by molar-refractivity contribution is 9.06. The van der Waals surface area contributed by atoms with Gasteiger partial charge in [0, 0.05) is 0 Å². The SMILES string of the molecule is BrOC1C=Cc2cccc3cccc1c23. The van der Waals surface area contributed by atoms with Crippen LogP contribution in [-0.2, 0) is 3.83 Å². The first-order chi connectivity index (χ1) is 7.40. The molecule has 0 spiro atoms. The summed E-state index contributed by atoms with van der Waals surface area (Å²) in [7, 11) is 0. The molecule has 0 amide bonds. The predicted octanol–water partition coefficient (Wildman–Crippen LogP) is 4.23. The van der Waals surface area contributed by atoms with E-state index in [2.05, 4.69) is 64.8 Å². The molecule has 15 heavy (non-hydrogen) atoms. The summed E-state index contributed by atoms with van der Waals surface area (Å²) in [6.45, 7) is 0. The van der Waals surface area contributed by atoms with Crippen molar-refractivity contribution in [1.29, 1.82) is 0 Å². The minimum absolute atomic E-state index is 0.0172. The van der Waals surface area contributed by atoms with Crippen molar-refractivity contribution in [1.82, 2.24) is 0 Å². The van der Waals surface area contributed by atoms with Crippen molar-refractivity contribution >= 4 is 33.1 Å². The van der Waals surface area contributed by atoms with E-state index in [9.17, 15) is 0 Å². The van der Waals surface area contributed by atoms with E-state index >= 15 is 0 Å². The number of benzene rings is 2. The summed E-state index contributed by atoms with van der Waals surface area (Å²) in [5.74, 6) is 0. The standard InChI is InChI=1S/C13H9BrO/c14-15-12-8-7-10-4-1-3-9-5-2-6-11(12)13(9)10/h1-8,12H. The fourth-order valence-corrected chi connectivity index (χ4v) is 2.47. The van der Waals surface area contributed by atoms with Crippen molar-refractivity contribution in [2.24, 2.45) is 0 Å². The normalized spacial score (nSPS) is 18.3. The molecule has 0 saturated heterocycles. The van der Waals surface area contributed by atoms with E-state index in [1.165, 1.54) is 21.9 Å². The Kier molecular flexibility index (Phi) is 2.11. The van der Waals surface area contributed by atoms with Crippen molar-refractivity contribution in [3.05, 3.63) is 53.6 Å². The summed E-state index contributed by atoms with van der Waals surface area (Å²) in [6, 6.07) is 12.7. The quantitative estimate of drug-likeness (QED) is 0.746. The summed E-state index contributed by atoms with van der Waals surface area (Å²) in [6.07, 6.45) is 4.19. The van der Waals surface area contributed by atoms with E-state index in [-0.39, 0.29) is 6.10 Å². The Balaban J connectivity index is 2.41. The van der Waals surface area contributed by atoms with E-state index in [0.29, 0.717) is 0 Å². The fraction of sp³-hybridized carbons (Fsp3) is 0.0769. The molecular formula is C13H9BrO. The lowest BCUT2D eigenvalue weighted by Crippen LogP contribution is -2.00. The predicted molar refractivity (Wildman–Crippen MR) is 65.7 cm³/mol. The van der Waals surface area contributed by atoms with Gasteiger partial charge in [-0.15, -0.1) is 0 Å². The molecule has 0 bridgehead atoms. The third kappa shape index (κ3) is 1.33. The molecule has 2 heteroatoms. The Morgan fingerprint density at radius 1 is 1.07 bits per heavy atom. The van der Waals surface area contributed by atoms with Gasteiger partial charge in [0.1, 0.15) is 6.10 Å². The van der Waals surface area contributed by atoms with Gasteiger partial charge in [-0.25, -0.2) is 0 Å². The van der Waals surface area contributed by atoms with E-state index in [1.807, 2.05) is 0 Å². The first-order valence-corrected chi connectivity index (χ1v) is 5.52. The monoisotopic (exact) mass is 260 g/mol. The second-order valence-electron chi connectivity index (χ2n) is 3.66. The van der Waals surface area contributed by atoms with E-state index in [0.717, 1.165) is 0 Å². The summed E-state index contributed by atoms with van der Waals surface area (Å²) in [5.41, 5.74) is 2.49. The smallest absolute Gasteiger partial charge is 0.116 e. The van der Waals surface area contributed by atoms with Gasteiger partial charge >= 0.3 is 0 Å². The van der Waals surface area contributed by atoms with Crippen LogP contribution in [0, 0.1) is 0 Å². The molecule has 1 unspecified atom stereocenters. The van der Waals surface area contributed by atoms with Gasteiger partial charge in [-0.3, -0.25) is 3.83 Å². The van der Waals surface area contributed by atoms with Crippen molar-refractivity contribution in [3.8, 4) is 0 Å². The van der Waals surface area contributed by atoms with Gasteiger partial charge in [0.15, 0.2) is 0 Å². The Morgan fingerprint density at radius 2 is 1.87 bits per heavy atom. The summed E-state index contributed by atoms with van der Waals surface area (Å²) in [4.78, 5) is 0. The maximum Gasteiger partial charge on any atom is 0.116 e. The van der Waals surface area contributed by atoms with Crippen LogP contribution in [0.1, 0.15) is 17.2 Å². The van der Waals surface area contributed by atoms with E-state index in [1.54, 1.807) is 0 Å². The molecule has 0 N–H and O–H groups in total. The molecule has 0 aliphatic heterocycles. The van der Waals surface area contributed by atoms with E-state index in [4.69, 9.17) is 3.83 Å². The van der Waals surface area contributed by atoms with Crippen LogP contribution in [0.4, 0.5) is 0 Å². The maximum atomic E-state index is 5.26. The van der Waals surface area contributed by atoms with Gasteiger partial charge in [0.05, 0.1) is 16.3 Å². The van der Waals surface area contributed by atoms with Crippen molar-refractivity contribution in [3.63, 3.8) is 0 Å². The topological polar surface area (TPSA) is 9.23 Å². The van der Waals surface area contributed by atoms with Gasteiger partial charge in [-0.1, -0.05) is 42.5 Å². The zero-order valence-corrected chi connectivity index (χ0v) is 9.57. The molecule has 2 aromatic carbocycles. The Hall–Kier alpha value is -1.12. The Labute approximate surface area is 96.8 Å². The number of hydrogen-bond acceptors (Lipinski definition) is 1. The molecule has 0 saturated carbocycles. The lowest BCUT2D eigenvalue weighted by atomic mass is 9.92. The summed E-state index contributed by atoms with van der Waals surface area (Å²) < 4.78 is 5.26. The number of hydrogen-bond donors (Lipinski definition) is 0. The molecule has 2 aromatic rings. The molecule has 1 atom stereocenters. The lowest BCUT2D eigenvalue weighted by molar-refractivity contribution is 0.328. The lowest BCUT2D eigenvalue weighted by Gasteiger charge is -2.18. The molecule has 3 rings (SSSR count). The minimum Gasteiger partial charge on any atom is -0.295 e. The molecule has 0 radical (unpaired) electrons. The van der Waals surface area contributed by atoms with Gasteiger partial charge in [0.25, 0.3) is 0 Å². The third-order valence-electron chi connectivity index (χ3n) is 2.82. The van der Waals surface area contributed by atoms with Crippen LogP contribution >= 0.6 is 16.3 Å². The van der Waals surface area contributed by atoms with Crippen LogP contribution in [-0.4, -0.2) is 0 Å². The van der Waals surface area contributed by atoms with Crippen LogP contribution in [0.25, 0.3) is 16.8 Å². The van der Waals surface area contributed by atoms with Gasteiger partial charge in [0.2, 0.25) is 0 Å². The van der Waals surface area contributed by atoms with Crippen molar-refractivity contribution in [2.45, 2.75) is 6.10 Å². The van der Waals surface area contributed by atoms with Gasteiger partial charge in [-0.2, -0.15) is 0 Å². The highest BCUT2D eigenvalue weighted by Gasteiger charge is 2.16. The number of halogens is 1. The second kappa shape index (κ2) is 3.47. The van der Waals surface area contributed by atoms with Crippen LogP contribution in [0.5, 0.6) is 0 Å². The first kappa shape index (κ1) is 9.13. The molecular weight excluding hydrogens is 252 g/mol. The zero-order chi connectivity index (χ0) is 10.3. The molecule has 1 nitrogen and oxygen atoms in total. The summed E-state index contributed by atoms with van der Waals surface area (Å²) >= 11 is 3.08. The zero-order valence-electron chi connectivity index (χ0n) is 7.98. The van der Waals surface area contributed by atoms with Crippen LogP contribution < -0.4 is 0 Å². The van der Waals surface area contributed by atoms with Crippen LogP contribution in [0.3, 0.4) is 0 Å². The van der Waals surface area contributed by atoms with E-state index < -0.39 is 0 Å². The summed E-state index contributed by atoms with van der Waals surface area (Å²) in [5, 5.41) is 2.57. The van der Waals surface area contributed by atoms with Crippen LogP contribution in [0.2, 0.25) is 0 Å². The van der Waals surface area contributed by atoms with Crippen molar-refractivity contribution in [2.75, 3.05) is 0 Å². The first-order valence-electron chi connectivity index (χ1n) is 4.87. The molecule has 1 aliphatic carbocycles. The Morgan fingerprint density at radius 3 is 2.67 bits per heavy atom. The molecule has 74 valence electrons. The highest BCUT2D eigenvalue weighted by atomic mass is 79.9. The molecule has 1 aliphatic rings. The van der Waals surface area contributed by atoms with Crippen molar-refractivity contribution < 1.29 is 3.83 Å². The molecule has 0 aromatic heterocycles. The van der Waals surface area contributed by atoms with Gasteiger partial charge in [-0.05, 0) is 28.0 Å². The maximum absolute atomic E-state index is 5.26. The number of rotatable bonds is 1. The fourth-order valence-electron chi connectivity index (χ4n) is 2.15. The van der Waals surface area contributed by atoms with Gasteiger partial charge < -0.3 is 0 Å². The average molecular weight is 261 g/mol.